The van der Waals surface area contributed by atoms with E-state index in [1.165, 1.54) is 21.3 Å². The zero-order chi connectivity index (χ0) is 17.5. The molecule has 0 radical (unpaired) electrons. The van der Waals surface area contributed by atoms with Crippen molar-refractivity contribution in [1.82, 2.24) is 0 Å². The summed E-state index contributed by atoms with van der Waals surface area (Å²) in [5.41, 5.74) is 0.980. The molecule has 6 nitrogen and oxygen atoms in total. The third-order valence-electron chi connectivity index (χ3n) is 3.36. The molecular weight excluding hydrogens is 310 g/mol. The maximum Gasteiger partial charge on any atom is 0.256 e. The number of para-hydroxylation sites is 2. The lowest BCUT2D eigenvalue weighted by atomic mass is 10.1. The molecule has 0 unspecified atom stereocenters. The topological polar surface area (TPSA) is 66.0 Å². The summed E-state index contributed by atoms with van der Waals surface area (Å²) in [5, 5.41) is 2.84. The van der Waals surface area contributed by atoms with Crippen molar-refractivity contribution in [2.24, 2.45) is 0 Å². The van der Waals surface area contributed by atoms with Crippen molar-refractivity contribution in [2.45, 2.75) is 6.92 Å². The Bertz CT molecular complexity index is 689. The molecule has 0 aromatic heterocycles. The Kier molecular flexibility index (Phi) is 5.89. The number of methoxy groups -OCH3 is 3. The highest BCUT2D eigenvalue weighted by Gasteiger charge is 2.17. The van der Waals surface area contributed by atoms with Crippen LogP contribution in [0.5, 0.6) is 23.0 Å². The number of carbonyl (C=O) groups excluding carboxylic acids is 1. The molecule has 0 saturated heterocycles. The molecule has 0 spiro atoms. The van der Waals surface area contributed by atoms with Crippen molar-refractivity contribution in [3.05, 3.63) is 42.0 Å². The highest BCUT2D eigenvalue weighted by molar-refractivity contribution is 6.05. The fraction of sp³-hybridized carbons (Fsp3) is 0.278. The predicted octanol–water partition coefficient (Wildman–Crippen LogP) is 3.36. The van der Waals surface area contributed by atoms with Crippen LogP contribution in [0.3, 0.4) is 0 Å². The molecule has 1 amide bonds. The largest absolute Gasteiger partial charge is 0.493 e. The number of anilines is 1. The van der Waals surface area contributed by atoms with E-state index in [0.29, 0.717) is 40.9 Å². The lowest BCUT2D eigenvalue weighted by Gasteiger charge is -2.15. The van der Waals surface area contributed by atoms with Crippen molar-refractivity contribution < 1.29 is 23.7 Å². The van der Waals surface area contributed by atoms with Crippen molar-refractivity contribution in [2.75, 3.05) is 33.3 Å². The summed E-state index contributed by atoms with van der Waals surface area (Å²) < 4.78 is 21.3. The van der Waals surface area contributed by atoms with Gasteiger partial charge in [-0.1, -0.05) is 12.1 Å². The standard InChI is InChI=1S/C18H21NO5/c1-5-24-14-9-7-6-8-13(14)19-18(20)12-10-15(21-2)17(23-4)16(11-12)22-3/h6-11H,5H2,1-4H3,(H,19,20). The Labute approximate surface area is 141 Å². The zero-order valence-corrected chi connectivity index (χ0v) is 14.2. The molecule has 2 aromatic carbocycles. The van der Waals surface area contributed by atoms with Crippen molar-refractivity contribution in [1.29, 1.82) is 0 Å². The third-order valence-corrected chi connectivity index (χ3v) is 3.36. The molecule has 128 valence electrons. The first-order valence-electron chi connectivity index (χ1n) is 7.47. The maximum atomic E-state index is 12.6. The van der Waals surface area contributed by atoms with Gasteiger partial charge in [0.1, 0.15) is 5.75 Å². The first-order chi connectivity index (χ1) is 11.6. The summed E-state index contributed by atoms with van der Waals surface area (Å²) in [5.74, 6) is 1.58. The second-order valence-corrected chi connectivity index (χ2v) is 4.80. The van der Waals surface area contributed by atoms with Gasteiger partial charge in [-0.2, -0.15) is 0 Å². The normalized spacial score (nSPS) is 10.0. The molecule has 24 heavy (non-hydrogen) atoms. The average Bonchev–Trinajstić information content (AvgIpc) is 2.62. The molecule has 2 aromatic rings. The van der Waals surface area contributed by atoms with Gasteiger partial charge in [-0.3, -0.25) is 4.79 Å². The molecule has 0 aliphatic heterocycles. The van der Waals surface area contributed by atoms with E-state index in [1.807, 2.05) is 19.1 Å². The Morgan fingerprint density at radius 1 is 0.958 bits per heavy atom. The Morgan fingerprint density at radius 3 is 2.12 bits per heavy atom. The Balaban J connectivity index is 2.33. The van der Waals surface area contributed by atoms with Crippen molar-refractivity contribution in [3.8, 4) is 23.0 Å². The molecule has 0 atom stereocenters. The number of amides is 1. The predicted molar refractivity (Wildman–Crippen MR) is 91.7 cm³/mol. The van der Waals surface area contributed by atoms with Gasteiger partial charge in [0.2, 0.25) is 5.75 Å². The number of hydrogen-bond acceptors (Lipinski definition) is 5. The van der Waals surface area contributed by atoms with Gasteiger partial charge >= 0.3 is 0 Å². The quantitative estimate of drug-likeness (QED) is 0.843. The molecule has 0 aliphatic carbocycles. The van der Waals surface area contributed by atoms with Gasteiger partial charge in [-0.15, -0.1) is 0 Å². The van der Waals surface area contributed by atoms with E-state index in [1.54, 1.807) is 24.3 Å². The van der Waals surface area contributed by atoms with Gasteiger partial charge in [0, 0.05) is 5.56 Å². The van der Waals surface area contributed by atoms with Crippen LogP contribution in [0, 0.1) is 0 Å². The summed E-state index contributed by atoms with van der Waals surface area (Å²) >= 11 is 0. The monoisotopic (exact) mass is 331 g/mol. The molecular formula is C18H21NO5. The van der Waals surface area contributed by atoms with Crippen LogP contribution in [0.25, 0.3) is 0 Å². The smallest absolute Gasteiger partial charge is 0.256 e. The second kappa shape index (κ2) is 8.10. The molecule has 1 N–H and O–H groups in total. The van der Waals surface area contributed by atoms with E-state index in [2.05, 4.69) is 5.32 Å². The highest BCUT2D eigenvalue weighted by atomic mass is 16.5. The number of nitrogens with one attached hydrogen (secondary N) is 1. The molecule has 2 rings (SSSR count). The lowest BCUT2D eigenvalue weighted by molar-refractivity contribution is 0.102. The summed E-state index contributed by atoms with van der Waals surface area (Å²) in [6.07, 6.45) is 0. The van der Waals surface area contributed by atoms with Crippen LogP contribution >= 0.6 is 0 Å². The lowest BCUT2D eigenvalue weighted by Crippen LogP contribution is -2.13. The summed E-state index contributed by atoms with van der Waals surface area (Å²) in [6, 6.07) is 10.4. The minimum atomic E-state index is -0.304. The summed E-state index contributed by atoms with van der Waals surface area (Å²) in [4.78, 5) is 12.6. The number of carbonyl (C=O) groups is 1. The Morgan fingerprint density at radius 2 is 1.58 bits per heavy atom. The van der Waals surface area contributed by atoms with Crippen LogP contribution in [0.4, 0.5) is 5.69 Å². The number of benzene rings is 2. The molecule has 0 bridgehead atoms. The second-order valence-electron chi connectivity index (χ2n) is 4.80. The van der Waals surface area contributed by atoms with E-state index in [4.69, 9.17) is 18.9 Å². The SMILES string of the molecule is CCOc1ccccc1NC(=O)c1cc(OC)c(OC)c(OC)c1. The fourth-order valence-electron chi connectivity index (χ4n) is 2.26. The highest BCUT2D eigenvalue weighted by Crippen LogP contribution is 2.38. The van der Waals surface area contributed by atoms with E-state index in [-0.39, 0.29) is 5.91 Å². The van der Waals surface area contributed by atoms with Crippen molar-refractivity contribution >= 4 is 11.6 Å². The van der Waals surface area contributed by atoms with Gasteiger partial charge in [-0.25, -0.2) is 0 Å². The van der Waals surface area contributed by atoms with Crippen molar-refractivity contribution in [3.63, 3.8) is 0 Å². The van der Waals surface area contributed by atoms with E-state index in [0.717, 1.165) is 0 Å². The molecule has 0 fully saturated rings. The number of rotatable bonds is 7. The average molecular weight is 331 g/mol. The summed E-state index contributed by atoms with van der Waals surface area (Å²) in [7, 11) is 4.52. The maximum absolute atomic E-state index is 12.6. The van der Waals surface area contributed by atoms with E-state index >= 15 is 0 Å². The van der Waals surface area contributed by atoms with E-state index in [9.17, 15) is 4.79 Å². The first kappa shape index (κ1) is 17.5. The van der Waals surface area contributed by atoms with Gasteiger partial charge in [0.25, 0.3) is 5.91 Å². The molecule has 0 aliphatic rings. The molecule has 6 heteroatoms. The van der Waals surface area contributed by atoms with Gasteiger partial charge in [0.05, 0.1) is 33.6 Å². The fourth-order valence-corrected chi connectivity index (χ4v) is 2.26. The summed E-state index contributed by atoms with van der Waals surface area (Å²) in [6.45, 7) is 2.40. The van der Waals surface area contributed by atoms with Crippen LogP contribution in [0.1, 0.15) is 17.3 Å². The van der Waals surface area contributed by atoms with Gasteiger partial charge < -0.3 is 24.3 Å². The van der Waals surface area contributed by atoms with Crippen LogP contribution in [-0.4, -0.2) is 33.8 Å². The first-order valence-corrected chi connectivity index (χ1v) is 7.47. The Hall–Kier alpha value is -2.89. The van der Waals surface area contributed by atoms with Crippen LogP contribution in [-0.2, 0) is 0 Å². The van der Waals surface area contributed by atoms with Crippen LogP contribution in [0.15, 0.2) is 36.4 Å². The zero-order valence-electron chi connectivity index (χ0n) is 14.2. The van der Waals surface area contributed by atoms with Crippen LogP contribution < -0.4 is 24.3 Å². The van der Waals surface area contributed by atoms with Gasteiger partial charge in [-0.05, 0) is 31.2 Å². The minimum absolute atomic E-state index is 0.304. The minimum Gasteiger partial charge on any atom is -0.493 e. The third kappa shape index (κ3) is 3.71. The number of ether oxygens (including phenoxy) is 4. The molecule has 0 heterocycles. The van der Waals surface area contributed by atoms with E-state index < -0.39 is 0 Å². The van der Waals surface area contributed by atoms with Crippen LogP contribution in [0.2, 0.25) is 0 Å². The van der Waals surface area contributed by atoms with Gasteiger partial charge in [0.15, 0.2) is 11.5 Å². The molecule has 0 saturated carbocycles. The number of hydrogen-bond donors (Lipinski definition) is 1.